The quantitative estimate of drug-likeness (QED) is 0.0132. The number of fused-ring (bicyclic) bond motifs is 6. The fourth-order valence-electron chi connectivity index (χ4n) is 13.3. The van der Waals surface area contributed by atoms with E-state index in [2.05, 4.69) is 16.8 Å². The van der Waals surface area contributed by atoms with E-state index < -0.39 is 102 Å². The van der Waals surface area contributed by atoms with Crippen molar-refractivity contribution in [2.75, 3.05) is 13.2 Å². The van der Waals surface area contributed by atoms with Gasteiger partial charge in [-0.2, -0.15) is 0 Å². The minimum Gasteiger partial charge on any atom is -0.507 e. The molecule has 4 aromatic rings. The van der Waals surface area contributed by atoms with Crippen LogP contribution < -0.4 is 26.7 Å². The largest absolute Gasteiger partial charge is 0.507 e. The number of aromatic hydroxyl groups is 1. The molecular weight excluding hydrogens is 1020 g/mol. The van der Waals surface area contributed by atoms with Gasteiger partial charge in [-0.15, -0.1) is 0 Å². The normalized spacial score (nSPS) is 27.9. The number of aliphatic hydroxyl groups excluding tert-OH is 3. The molecule has 6 bridgehead atoms. The summed E-state index contributed by atoms with van der Waals surface area (Å²) < 4.78 is 24.6. The van der Waals surface area contributed by atoms with Gasteiger partial charge >= 0.3 is 5.97 Å². The van der Waals surface area contributed by atoms with Crippen molar-refractivity contribution in [3.63, 3.8) is 0 Å². The fourth-order valence-corrected chi connectivity index (χ4v) is 13.3. The zero-order valence-corrected chi connectivity index (χ0v) is 43.9. The molecule has 416 valence electrons. The van der Waals surface area contributed by atoms with Crippen LogP contribution in [0.4, 0.5) is 0 Å². The predicted molar refractivity (Wildman–Crippen MR) is 287 cm³/mol. The molecule has 0 unspecified atom stereocenters. The molecule has 10 atom stereocenters. The Morgan fingerprint density at radius 2 is 1.75 bits per heavy atom. The maximum atomic E-state index is 16.0. The summed E-state index contributed by atoms with van der Waals surface area (Å²) in [6.07, 6.45) is 0.306. The third-order valence-corrected chi connectivity index (χ3v) is 16.9. The summed E-state index contributed by atoms with van der Waals surface area (Å²) >= 11 is 0. The number of esters is 1. The Morgan fingerprint density at radius 3 is 2.49 bits per heavy atom. The lowest BCUT2D eigenvalue weighted by Gasteiger charge is -2.54. The van der Waals surface area contributed by atoms with Gasteiger partial charge in [-0.25, -0.2) is 0 Å². The number of hydrogen-bond donors (Lipinski definition) is 10. The van der Waals surface area contributed by atoms with Gasteiger partial charge in [0.1, 0.15) is 23.4 Å². The summed E-state index contributed by atoms with van der Waals surface area (Å²) in [6, 6.07) is 11.3. The van der Waals surface area contributed by atoms with Crippen molar-refractivity contribution in [3.8, 4) is 29.1 Å². The van der Waals surface area contributed by atoms with Crippen molar-refractivity contribution in [2.24, 2.45) is 34.0 Å². The number of aldehydes is 1. The number of hydrogen-bond acceptors (Lipinski definition) is 17. The Bertz CT molecular complexity index is 3260. The Labute approximate surface area is 456 Å². The number of benzene rings is 4. The number of carbonyl (C=O) groups is 4. The van der Waals surface area contributed by atoms with Gasteiger partial charge in [0.15, 0.2) is 29.9 Å². The highest BCUT2D eigenvalue weighted by Gasteiger charge is 2.57. The molecule has 10 rings (SSSR count). The second-order valence-electron chi connectivity index (χ2n) is 21.9. The van der Waals surface area contributed by atoms with Gasteiger partial charge in [0.2, 0.25) is 12.1 Å². The molecule has 0 radical (unpaired) electrons. The maximum Gasteiger partial charge on any atom is 0.308 e. The zero-order chi connectivity index (χ0) is 56.2. The van der Waals surface area contributed by atoms with Crippen LogP contribution in [0.25, 0.3) is 12.2 Å². The lowest BCUT2D eigenvalue weighted by molar-refractivity contribution is -0.378. The number of phenolic OH excluding ortho intramolecular Hbond substituents is 1. The van der Waals surface area contributed by atoms with Gasteiger partial charge in [-0.1, -0.05) is 54.3 Å². The van der Waals surface area contributed by atoms with Crippen LogP contribution in [0.2, 0.25) is 0 Å². The molecule has 5 aliphatic carbocycles. The van der Waals surface area contributed by atoms with Crippen LogP contribution in [0, 0.1) is 23.7 Å². The third kappa shape index (κ3) is 10.1. The van der Waals surface area contributed by atoms with Crippen LogP contribution in [-0.2, 0) is 45.7 Å². The molecule has 19 nitrogen and oxygen atoms in total. The van der Waals surface area contributed by atoms with E-state index in [4.69, 9.17) is 36.1 Å². The third-order valence-electron chi connectivity index (χ3n) is 16.9. The number of ketones is 2. The van der Waals surface area contributed by atoms with Crippen molar-refractivity contribution >= 4 is 41.9 Å². The second-order valence-corrected chi connectivity index (χ2v) is 21.9. The molecule has 13 N–H and O–H groups in total. The lowest BCUT2D eigenvalue weighted by Crippen LogP contribution is -2.67. The Morgan fingerprint density at radius 1 is 0.962 bits per heavy atom. The van der Waals surface area contributed by atoms with Gasteiger partial charge < -0.3 is 71.9 Å². The number of nitrogens with zero attached hydrogens (tertiary/aromatic N) is 1. The number of guanidine groups is 1. The molecule has 1 saturated heterocycles. The monoisotopic (exact) mass is 1080 g/mol. The van der Waals surface area contributed by atoms with E-state index in [0.29, 0.717) is 29.4 Å². The Balaban J connectivity index is 1.25. The van der Waals surface area contributed by atoms with E-state index in [1.165, 1.54) is 19.1 Å². The average Bonchev–Trinajstić information content (AvgIpc) is 3.61. The molecule has 1 heterocycles. The lowest BCUT2D eigenvalue weighted by atomic mass is 9.53. The highest BCUT2D eigenvalue weighted by Crippen LogP contribution is 2.60. The second kappa shape index (κ2) is 22.0. The van der Waals surface area contributed by atoms with Crippen molar-refractivity contribution in [1.82, 2.24) is 0 Å². The van der Waals surface area contributed by atoms with Crippen molar-refractivity contribution in [3.05, 3.63) is 120 Å². The Hall–Kier alpha value is -6.83. The van der Waals surface area contributed by atoms with Crippen LogP contribution in [-0.4, -0.2) is 121 Å². The number of aliphatic hydroxyl groups is 6. The molecule has 1 aliphatic heterocycles. The predicted octanol–water partition coefficient (Wildman–Crippen LogP) is 3.44. The summed E-state index contributed by atoms with van der Waals surface area (Å²) in [7, 11) is 0. The van der Waals surface area contributed by atoms with Gasteiger partial charge in [0.05, 0.1) is 49.2 Å². The Kier molecular flexibility index (Phi) is 15.5. The highest BCUT2D eigenvalue weighted by molar-refractivity contribution is 6.32. The van der Waals surface area contributed by atoms with E-state index in [0.717, 1.165) is 50.2 Å². The van der Waals surface area contributed by atoms with E-state index in [1.807, 2.05) is 18.2 Å². The molecule has 19 heteroatoms. The number of rotatable bonds is 11. The number of ether oxygens (including phenoxy) is 4. The SMILES string of the molecule is CC(=O)Oc1cc(CO)c2c3c1/C=C/c1cccc(c1)C[C@H](O)CC[C@@H](N)C#CCc1c(O[C@H]4O[C@@H](C)[C@@H](O)C(O)(O)[C@H]4OCCN=C(N)N)c(Cc4ccc5c(c4C=O)[C@@]4(O)CCC[C@H]6CC[C@@H]5C[C@H]64)c(O)c(c1C3=O)C2=O. The van der Waals surface area contributed by atoms with Crippen LogP contribution in [0.1, 0.15) is 163 Å². The number of aliphatic imine (C=N–C) groups is 1. The summed E-state index contributed by atoms with van der Waals surface area (Å²) in [5, 5.41) is 82.6. The molecule has 0 spiro atoms. The number of carbonyl (C=O) groups excluding carboxylic acids is 4. The van der Waals surface area contributed by atoms with E-state index >= 15 is 9.59 Å². The fraction of sp³-hybridized carbons (Fsp3) is 0.450. The van der Waals surface area contributed by atoms with E-state index in [9.17, 15) is 45.3 Å². The topological polar surface area (TPSA) is 337 Å². The summed E-state index contributed by atoms with van der Waals surface area (Å²) in [5.74, 6) is -1.09. The smallest absolute Gasteiger partial charge is 0.308 e. The first-order valence-electron chi connectivity index (χ1n) is 26.9. The first-order valence-corrected chi connectivity index (χ1v) is 26.9. The van der Waals surface area contributed by atoms with Gasteiger partial charge in [-0.05, 0) is 128 Å². The van der Waals surface area contributed by atoms with E-state index in [1.54, 1.807) is 24.3 Å². The maximum absolute atomic E-state index is 16.0. The molecule has 0 amide bonds. The van der Waals surface area contributed by atoms with Crippen LogP contribution in [0.3, 0.4) is 0 Å². The first kappa shape index (κ1) is 55.5. The minimum absolute atomic E-state index is 0.0432. The first-order chi connectivity index (χ1) is 37.7. The zero-order valence-electron chi connectivity index (χ0n) is 43.9. The summed E-state index contributed by atoms with van der Waals surface area (Å²) in [6.45, 7) is 1.09. The van der Waals surface area contributed by atoms with Crippen LogP contribution in [0.15, 0.2) is 47.5 Å². The van der Waals surface area contributed by atoms with Gasteiger partial charge in [-0.3, -0.25) is 24.2 Å². The van der Waals surface area contributed by atoms with Crippen molar-refractivity contribution < 1.29 is 73.9 Å². The van der Waals surface area contributed by atoms with Gasteiger partial charge in [0.25, 0.3) is 0 Å². The van der Waals surface area contributed by atoms with Crippen LogP contribution >= 0.6 is 0 Å². The number of phenols is 1. The minimum atomic E-state index is -3.11. The highest BCUT2D eigenvalue weighted by atomic mass is 16.7. The molecule has 4 aromatic carbocycles. The summed E-state index contributed by atoms with van der Waals surface area (Å²) in [4.78, 5) is 62.2. The number of nitrogens with two attached hydrogens (primary N) is 3. The van der Waals surface area contributed by atoms with E-state index in [-0.39, 0.29) is 107 Å². The molecule has 3 fully saturated rings. The molecule has 0 aromatic heterocycles. The molecule has 2 saturated carbocycles. The molecule has 79 heavy (non-hydrogen) atoms. The standard InChI is InChI=1S/C60H66N4O15/c1-29-55(72)60(74,75)56(76-21-20-64-58(62)63)57(77-29)79-54-41-10-4-9-37(61)15-16-38(68)23-32-7-3-6-31(22-32)11-17-40-45(78-30(2)67)26-36(27-65)46-47(40)53(71)48(41)49(52(46)70)51(69)42(54)24-34-14-18-39-35-13-12-33-8-5-19-59(73,44(33)25-35)50(39)43(34)28-66/h3,6-7,11,14,17-18,22,26,28-29,33,35,37-38,44,55-57,65,68-69,72-75H,5,8,10,12-13,15-16,19-21,23-25,27,61H2,1-2H3,(H4,62,63,64)/b17-11+/t29-,33-,35+,37-,38+,44+,55+,56-,57+,59+/m0/s1. The van der Waals surface area contributed by atoms with Gasteiger partial charge in [0, 0.05) is 58.7 Å². The van der Waals surface area contributed by atoms with Crippen molar-refractivity contribution in [2.45, 2.75) is 145 Å². The molecular formula is C60H66N4O15. The molecule has 6 aliphatic rings. The average molecular weight is 1080 g/mol. The van der Waals surface area contributed by atoms with Crippen LogP contribution in [0.5, 0.6) is 17.2 Å². The summed E-state index contributed by atoms with van der Waals surface area (Å²) in [5.41, 5.74) is 17.5. The van der Waals surface area contributed by atoms with Crippen molar-refractivity contribution in [1.29, 1.82) is 0 Å².